The standard InChI is InChI=1S/C14H18ClNO/c1-10(2)9-16-13(17)14(6-7-14)11-4-3-5-12(15)8-11/h3-5,8,10H,6-7,9H2,1-2H3,(H,16,17). The number of rotatable bonds is 4. The van der Waals surface area contributed by atoms with Gasteiger partial charge in [-0.1, -0.05) is 37.6 Å². The number of nitrogens with one attached hydrogen (secondary N) is 1. The fourth-order valence-electron chi connectivity index (χ4n) is 2.02. The number of halogens is 1. The van der Waals surface area contributed by atoms with Gasteiger partial charge in [0.15, 0.2) is 0 Å². The van der Waals surface area contributed by atoms with Crippen molar-refractivity contribution in [1.82, 2.24) is 5.32 Å². The molecule has 3 heteroatoms. The third-order valence-electron chi connectivity index (χ3n) is 3.23. The molecule has 1 amide bonds. The van der Waals surface area contributed by atoms with Gasteiger partial charge in [-0.25, -0.2) is 0 Å². The Morgan fingerprint density at radius 2 is 2.18 bits per heavy atom. The predicted octanol–water partition coefficient (Wildman–Crippen LogP) is 3.14. The molecular formula is C14H18ClNO. The molecule has 1 saturated carbocycles. The topological polar surface area (TPSA) is 29.1 Å². The Bertz CT molecular complexity index is 424. The van der Waals surface area contributed by atoms with Crippen LogP contribution in [0.5, 0.6) is 0 Å². The zero-order valence-corrected chi connectivity index (χ0v) is 11.1. The third-order valence-corrected chi connectivity index (χ3v) is 3.47. The maximum absolute atomic E-state index is 12.2. The van der Waals surface area contributed by atoms with Crippen LogP contribution >= 0.6 is 11.6 Å². The molecule has 0 bridgehead atoms. The Hall–Kier alpha value is -1.02. The number of hydrogen-bond acceptors (Lipinski definition) is 1. The molecule has 0 radical (unpaired) electrons. The first-order valence-electron chi connectivity index (χ1n) is 6.09. The summed E-state index contributed by atoms with van der Waals surface area (Å²) >= 11 is 5.98. The normalized spacial score (nSPS) is 16.9. The highest BCUT2D eigenvalue weighted by atomic mass is 35.5. The first kappa shape index (κ1) is 12.4. The highest BCUT2D eigenvalue weighted by Gasteiger charge is 2.51. The van der Waals surface area contributed by atoms with Gasteiger partial charge in [0.25, 0.3) is 0 Å². The van der Waals surface area contributed by atoms with Crippen molar-refractivity contribution in [3.05, 3.63) is 34.9 Å². The van der Waals surface area contributed by atoms with Gasteiger partial charge in [0.2, 0.25) is 5.91 Å². The molecule has 0 saturated heterocycles. The molecule has 0 aromatic heterocycles. The van der Waals surface area contributed by atoms with Gasteiger partial charge in [-0.3, -0.25) is 4.79 Å². The Kier molecular flexibility index (Phi) is 3.43. The van der Waals surface area contributed by atoms with Gasteiger partial charge in [-0.05, 0) is 36.5 Å². The number of benzene rings is 1. The third kappa shape index (κ3) is 2.63. The molecule has 0 heterocycles. The van der Waals surface area contributed by atoms with E-state index >= 15 is 0 Å². The van der Waals surface area contributed by atoms with Crippen LogP contribution in [-0.2, 0) is 10.2 Å². The minimum absolute atomic E-state index is 0.147. The van der Waals surface area contributed by atoms with E-state index in [0.29, 0.717) is 10.9 Å². The summed E-state index contributed by atoms with van der Waals surface area (Å²) in [6, 6.07) is 7.65. The van der Waals surface area contributed by atoms with Crippen molar-refractivity contribution in [3.8, 4) is 0 Å². The van der Waals surface area contributed by atoms with Gasteiger partial charge in [-0.15, -0.1) is 0 Å². The lowest BCUT2D eigenvalue weighted by molar-refractivity contribution is -0.123. The summed E-state index contributed by atoms with van der Waals surface area (Å²) in [6.45, 7) is 4.93. The Morgan fingerprint density at radius 3 is 2.71 bits per heavy atom. The van der Waals surface area contributed by atoms with E-state index in [0.717, 1.165) is 24.9 Å². The highest BCUT2D eigenvalue weighted by Crippen LogP contribution is 2.48. The summed E-state index contributed by atoms with van der Waals surface area (Å²) in [7, 11) is 0. The van der Waals surface area contributed by atoms with Crippen LogP contribution in [0.25, 0.3) is 0 Å². The average Bonchev–Trinajstić information content (AvgIpc) is 3.07. The van der Waals surface area contributed by atoms with Crippen LogP contribution in [0.4, 0.5) is 0 Å². The zero-order chi connectivity index (χ0) is 12.5. The van der Waals surface area contributed by atoms with Crippen molar-refractivity contribution in [1.29, 1.82) is 0 Å². The van der Waals surface area contributed by atoms with Crippen molar-refractivity contribution < 1.29 is 4.79 Å². The van der Waals surface area contributed by atoms with Crippen molar-refractivity contribution in [2.24, 2.45) is 5.92 Å². The second-order valence-electron chi connectivity index (χ2n) is 5.20. The lowest BCUT2D eigenvalue weighted by Crippen LogP contribution is -2.36. The fraction of sp³-hybridized carbons (Fsp3) is 0.500. The molecule has 1 aromatic carbocycles. The maximum Gasteiger partial charge on any atom is 0.230 e. The molecule has 2 nitrogen and oxygen atoms in total. The second kappa shape index (κ2) is 4.69. The number of hydrogen-bond donors (Lipinski definition) is 1. The van der Waals surface area contributed by atoms with Crippen LogP contribution in [0.1, 0.15) is 32.3 Å². The van der Waals surface area contributed by atoms with Crippen LogP contribution < -0.4 is 5.32 Å². The fourth-order valence-corrected chi connectivity index (χ4v) is 2.21. The Morgan fingerprint density at radius 1 is 1.47 bits per heavy atom. The molecule has 2 rings (SSSR count). The van der Waals surface area contributed by atoms with E-state index < -0.39 is 0 Å². The SMILES string of the molecule is CC(C)CNC(=O)C1(c2cccc(Cl)c2)CC1. The van der Waals surface area contributed by atoms with Crippen molar-refractivity contribution >= 4 is 17.5 Å². The van der Waals surface area contributed by atoms with E-state index in [1.54, 1.807) is 0 Å². The molecule has 0 spiro atoms. The molecule has 0 atom stereocenters. The average molecular weight is 252 g/mol. The number of amides is 1. The zero-order valence-electron chi connectivity index (χ0n) is 10.3. The summed E-state index contributed by atoms with van der Waals surface area (Å²) < 4.78 is 0. The smallest absolute Gasteiger partial charge is 0.230 e. The molecule has 1 fully saturated rings. The molecule has 0 aliphatic heterocycles. The first-order chi connectivity index (χ1) is 8.04. The molecule has 1 aliphatic rings. The van der Waals surface area contributed by atoms with Gasteiger partial charge >= 0.3 is 0 Å². The molecule has 1 aliphatic carbocycles. The van der Waals surface area contributed by atoms with E-state index in [1.165, 1.54) is 0 Å². The monoisotopic (exact) mass is 251 g/mol. The minimum Gasteiger partial charge on any atom is -0.355 e. The van der Waals surface area contributed by atoms with Crippen molar-refractivity contribution in [3.63, 3.8) is 0 Å². The quantitative estimate of drug-likeness (QED) is 0.875. The molecule has 1 aromatic rings. The Labute approximate surface area is 107 Å². The van der Waals surface area contributed by atoms with Crippen molar-refractivity contribution in [2.75, 3.05) is 6.54 Å². The van der Waals surface area contributed by atoms with E-state index in [2.05, 4.69) is 19.2 Å². The van der Waals surface area contributed by atoms with Crippen LogP contribution in [0.3, 0.4) is 0 Å². The van der Waals surface area contributed by atoms with Gasteiger partial charge in [-0.2, -0.15) is 0 Å². The summed E-state index contributed by atoms with van der Waals surface area (Å²) in [5.41, 5.74) is 0.742. The summed E-state index contributed by atoms with van der Waals surface area (Å²) in [5, 5.41) is 3.72. The lowest BCUT2D eigenvalue weighted by Gasteiger charge is -2.17. The second-order valence-corrected chi connectivity index (χ2v) is 5.63. The molecule has 17 heavy (non-hydrogen) atoms. The van der Waals surface area contributed by atoms with Gasteiger partial charge < -0.3 is 5.32 Å². The van der Waals surface area contributed by atoms with E-state index in [-0.39, 0.29) is 11.3 Å². The maximum atomic E-state index is 12.2. The highest BCUT2D eigenvalue weighted by molar-refractivity contribution is 6.30. The minimum atomic E-state index is -0.306. The van der Waals surface area contributed by atoms with Crippen LogP contribution in [0.15, 0.2) is 24.3 Å². The number of carbonyl (C=O) groups is 1. The van der Waals surface area contributed by atoms with Gasteiger partial charge in [0.05, 0.1) is 5.41 Å². The summed E-state index contributed by atoms with van der Waals surface area (Å²) in [6.07, 6.45) is 1.86. The van der Waals surface area contributed by atoms with Gasteiger partial charge in [0, 0.05) is 11.6 Å². The summed E-state index contributed by atoms with van der Waals surface area (Å²) in [5.74, 6) is 0.627. The summed E-state index contributed by atoms with van der Waals surface area (Å²) in [4.78, 5) is 12.2. The van der Waals surface area contributed by atoms with E-state index in [9.17, 15) is 4.79 Å². The van der Waals surface area contributed by atoms with Crippen molar-refractivity contribution in [2.45, 2.75) is 32.1 Å². The van der Waals surface area contributed by atoms with Crippen LogP contribution in [0, 0.1) is 5.92 Å². The van der Waals surface area contributed by atoms with Crippen LogP contribution in [0.2, 0.25) is 5.02 Å². The Balaban J connectivity index is 2.11. The number of carbonyl (C=O) groups excluding carboxylic acids is 1. The van der Waals surface area contributed by atoms with Gasteiger partial charge in [0.1, 0.15) is 0 Å². The lowest BCUT2D eigenvalue weighted by atomic mass is 9.95. The molecule has 92 valence electrons. The van der Waals surface area contributed by atoms with E-state index in [4.69, 9.17) is 11.6 Å². The molecular weight excluding hydrogens is 234 g/mol. The first-order valence-corrected chi connectivity index (χ1v) is 6.47. The molecule has 1 N–H and O–H groups in total. The molecule has 0 unspecified atom stereocenters. The predicted molar refractivity (Wildman–Crippen MR) is 70.2 cm³/mol. The largest absolute Gasteiger partial charge is 0.355 e. The van der Waals surface area contributed by atoms with E-state index in [1.807, 2.05) is 24.3 Å². The van der Waals surface area contributed by atoms with Crippen LogP contribution in [-0.4, -0.2) is 12.5 Å².